The van der Waals surface area contributed by atoms with E-state index >= 15 is 0 Å². The van der Waals surface area contributed by atoms with Crippen molar-refractivity contribution in [3.63, 3.8) is 0 Å². The van der Waals surface area contributed by atoms with Gasteiger partial charge in [-0.05, 0) is 31.6 Å². The standard InChI is InChI=1S/C8H16N2O/c9-7-3-1-6(2-4-7)5-8(10)11/h6-7H,1-5,9H2,(H2,10,11). The monoisotopic (exact) mass is 156 g/mol. The van der Waals surface area contributed by atoms with Crippen LogP contribution < -0.4 is 11.5 Å². The molecule has 0 bridgehead atoms. The van der Waals surface area contributed by atoms with E-state index in [9.17, 15) is 4.79 Å². The van der Waals surface area contributed by atoms with E-state index < -0.39 is 0 Å². The number of carbonyl (C=O) groups excluding carboxylic acids is 1. The molecule has 1 aliphatic rings. The van der Waals surface area contributed by atoms with Crippen LogP contribution in [0.25, 0.3) is 0 Å². The molecule has 0 aromatic carbocycles. The van der Waals surface area contributed by atoms with Crippen molar-refractivity contribution in [2.24, 2.45) is 17.4 Å². The van der Waals surface area contributed by atoms with Gasteiger partial charge in [-0.3, -0.25) is 4.79 Å². The maximum Gasteiger partial charge on any atom is 0.217 e. The van der Waals surface area contributed by atoms with E-state index in [1.54, 1.807) is 0 Å². The van der Waals surface area contributed by atoms with Crippen molar-refractivity contribution in [3.8, 4) is 0 Å². The van der Waals surface area contributed by atoms with Crippen LogP contribution >= 0.6 is 0 Å². The second-order valence-corrected chi connectivity index (χ2v) is 3.45. The predicted octanol–water partition coefficient (Wildman–Crippen LogP) is 0.379. The molecule has 0 aromatic heterocycles. The molecular formula is C8H16N2O. The third kappa shape index (κ3) is 2.89. The van der Waals surface area contributed by atoms with Gasteiger partial charge in [0.2, 0.25) is 5.91 Å². The Hall–Kier alpha value is -0.570. The average Bonchev–Trinajstić information content (AvgIpc) is 1.93. The lowest BCUT2D eigenvalue weighted by Crippen LogP contribution is -2.28. The van der Waals surface area contributed by atoms with E-state index in [1.807, 2.05) is 0 Å². The van der Waals surface area contributed by atoms with Crippen molar-refractivity contribution in [2.75, 3.05) is 0 Å². The van der Waals surface area contributed by atoms with Crippen molar-refractivity contribution in [1.29, 1.82) is 0 Å². The largest absolute Gasteiger partial charge is 0.370 e. The molecule has 3 nitrogen and oxygen atoms in total. The lowest BCUT2D eigenvalue weighted by molar-refractivity contribution is -0.119. The number of nitrogens with two attached hydrogens (primary N) is 2. The van der Waals surface area contributed by atoms with Crippen LogP contribution in [0.3, 0.4) is 0 Å². The van der Waals surface area contributed by atoms with Gasteiger partial charge in [0.1, 0.15) is 0 Å². The highest BCUT2D eigenvalue weighted by Crippen LogP contribution is 2.25. The quantitative estimate of drug-likeness (QED) is 0.606. The van der Waals surface area contributed by atoms with Gasteiger partial charge in [-0.2, -0.15) is 0 Å². The summed E-state index contributed by atoms with van der Waals surface area (Å²) in [7, 11) is 0. The third-order valence-corrected chi connectivity index (χ3v) is 2.38. The summed E-state index contributed by atoms with van der Waals surface area (Å²) in [6.45, 7) is 0. The molecule has 1 amide bonds. The first kappa shape index (κ1) is 8.53. The van der Waals surface area contributed by atoms with Gasteiger partial charge in [0.25, 0.3) is 0 Å². The van der Waals surface area contributed by atoms with Gasteiger partial charge in [-0.1, -0.05) is 0 Å². The Bertz CT molecular complexity index is 139. The minimum absolute atomic E-state index is 0.175. The fraction of sp³-hybridized carbons (Fsp3) is 0.875. The predicted molar refractivity (Wildman–Crippen MR) is 43.7 cm³/mol. The highest BCUT2D eigenvalue weighted by Gasteiger charge is 2.19. The summed E-state index contributed by atoms with van der Waals surface area (Å²) in [6.07, 6.45) is 4.80. The number of carbonyl (C=O) groups is 1. The highest BCUT2D eigenvalue weighted by atomic mass is 16.1. The molecule has 64 valence electrons. The molecule has 0 atom stereocenters. The van der Waals surface area contributed by atoms with Crippen LogP contribution in [-0.2, 0) is 4.79 Å². The van der Waals surface area contributed by atoms with Gasteiger partial charge in [0.05, 0.1) is 0 Å². The maximum atomic E-state index is 10.5. The van der Waals surface area contributed by atoms with Gasteiger partial charge < -0.3 is 11.5 Å². The zero-order chi connectivity index (χ0) is 8.27. The van der Waals surface area contributed by atoms with Gasteiger partial charge >= 0.3 is 0 Å². The molecule has 0 spiro atoms. The highest BCUT2D eigenvalue weighted by molar-refractivity contribution is 5.73. The summed E-state index contributed by atoms with van der Waals surface area (Å²) in [5, 5.41) is 0. The maximum absolute atomic E-state index is 10.5. The van der Waals surface area contributed by atoms with Gasteiger partial charge in [-0.15, -0.1) is 0 Å². The Morgan fingerprint density at radius 3 is 2.27 bits per heavy atom. The average molecular weight is 156 g/mol. The number of rotatable bonds is 2. The Morgan fingerprint density at radius 2 is 1.82 bits per heavy atom. The Kier molecular flexibility index (Phi) is 2.88. The molecule has 0 aromatic rings. The molecule has 1 aliphatic carbocycles. The summed E-state index contributed by atoms with van der Waals surface area (Å²) in [5.41, 5.74) is 10.8. The van der Waals surface area contributed by atoms with E-state index in [1.165, 1.54) is 0 Å². The molecule has 4 N–H and O–H groups in total. The van der Waals surface area contributed by atoms with Crippen LogP contribution in [0.4, 0.5) is 0 Å². The van der Waals surface area contributed by atoms with Crippen molar-refractivity contribution >= 4 is 5.91 Å². The van der Waals surface area contributed by atoms with Crippen LogP contribution in [0, 0.1) is 5.92 Å². The van der Waals surface area contributed by atoms with Crippen molar-refractivity contribution < 1.29 is 4.79 Å². The topological polar surface area (TPSA) is 69.1 Å². The minimum Gasteiger partial charge on any atom is -0.370 e. The molecule has 0 aliphatic heterocycles. The lowest BCUT2D eigenvalue weighted by atomic mass is 9.84. The van der Waals surface area contributed by atoms with Crippen LogP contribution in [0.5, 0.6) is 0 Å². The SMILES string of the molecule is NC(=O)CC1CCC(N)CC1. The zero-order valence-corrected chi connectivity index (χ0v) is 6.75. The molecule has 1 saturated carbocycles. The smallest absolute Gasteiger partial charge is 0.217 e. The molecule has 1 fully saturated rings. The second kappa shape index (κ2) is 3.72. The van der Waals surface area contributed by atoms with Crippen molar-refractivity contribution in [1.82, 2.24) is 0 Å². The van der Waals surface area contributed by atoms with Gasteiger partial charge in [0, 0.05) is 12.5 Å². The van der Waals surface area contributed by atoms with Gasteiger partial charge in [-0.25, -0.2) is 0 Å². The number of primary amides is 1. The normalized spacial score (nSPS) is 31.7. The van der Waals surface area contributed by atoms with E-state index in [0.29, 0.717) is 18.4 Å². The lowest BCUT2D eigenvalue weighted by Gasteiger charge is -2.24. The summed E-state index contributed by atoms with van der Waals surface area (Å²) >= 11 is 0. The van der Waals surface area contributed by atoms with Crippen LogP contribution in [-0.4, -0.2) is 11.9 Å². The third-order valence-electron chi connectivity index (χ3n) is 2.38. The Labute approximate surface area is 67.1 Å². The van der Waals surface area contributed by atoms with Gasteiger partial charge in [0.15, 0.2) is 0 Å². The summed E-state index contributed by atoms with van der Waals surface area (Å²) in [4.78, 5) is 10.5. The van der Waals surface area contributed by atoms with Crippen molar-refractivity contribution in [2.45, 2.75) is 38.1 Å². The first-order valence-electron chi connectivity index (χ1n) is 4.22. The molecule has 0 radical (unpaired) electrons. The van der Waals surface area contributed by atoms with E-state index in [4.69, 9.17) is 11.5 Å². The molecule has 0 saturated heterocycles. The number of amides is 1. The first-order valence-corrected chi connectivity index (χ1v) is 4.22. The molecule has 0 heterocycles. The van der Waals surface area contributed by atoms with Crippen molar-refractivity contribution in [3.05, 3.63) is 0 Å². The van der Waals surface area contributed by atoms with E-state index in [-0.39, 0.29) is 5.91 Å². The molecule has 1 rings (SSSR count). The molecule has 3 heteroatoms. The number of hydrogen-bond donors (Lipinski definition) is 2. The summed E-state index contributed by atoms with van der Waals surface area (Å²) in [5.74, 6) is 0.331. The summed E-state index contributed by atoms with van der Waals surface area (Å²) < 4.78 is 0. The van der Waals surface area contributed by atoms with Crippen LogP contribution in [0.2, 0.25) is 0 Å². The zero-order valence-electron chi connectivity index (χ0n) is 6.75. The Morgan fingerprint density at radius 1 is 1.27 bits per heavy atom. The van der Waals surface area contributed by atoms with E-state index in [0.717, 1.165) is 25.7 Å². The minimum atomic E-state index is -0.175. The fourth-order valence-corrected chi connectivity index (χ4v) is 1.68. The first-order chi connectivity index (χ1) is 5.18. The summed E-state index contributed by atoms with van der Waals surface area (Å²) in [6, 6.07) is 0.360. The van der Waals surface area contributed by atoms with Crippen LogP contribution in [0.15, 0.2) is 0 Å². The second-order valence-electron chi connectivity index (χ2n) is 3.45. The number of hydrogen-bond acceptors (Lipinski definition) is 2. The van der Waals surface area contributed by atoms with Crippen LogP contribution in [0.1, 0.15) is 32.1 Å². The molecule has 11 heavy (non-hydrogen) atoms. The van der Waals surface area contributed by atoms with E-state index in [2.05, 4.69) is 0 Å². The fourth-order valence-electron chi connectivity index (χ4n) is 1.68. The Balaban J connectivity index is 2.22. The molecular weight excluding hydrogens is 140 g/mol. The molecule has 0 unspecified atom stereocenters.